The number of halogens is 1. The van der Waals surface area contributed by atoms with Crippen LogP contribution in [-0.4, -0.2) is 19.0 Å². The van der Waals surface area contributed by atoms with Crippen LogP contribution in [0.2, 0.25) is 5.02 Å². The van der Waals surface area contributed by atoms with Crippen LogP contribution in [0.4, 0.5) is 5.69 Å². The van der Waals surface area contributed by atoms with Gasteiger partial charge in [-0.05, 0) is 18.2 Å². The van der Waals surface area contributed by atoms with Crippen molar-refractivity contribution in [2.45, 2.75) is 6.10 Å². The summed E-state index contributed by atoms with van der Waals surface area (Å²) in [6.07, 6.45) is -1.15. The van der Waals surface area contributed by atoms with Crippen molar-refractivity contribution in [1.82, 2.24) is 0 Å². The number of fused-ring (bicyclic) bond motifs is 1. The smallest absolute Gasteiger partial charge is 0.351 e. The Bertz CT molecular complexity index is 1240. The lowest BCUT2D eigenvalue weighted by Gasteiger charge is -2.18. The first-order chi connectivity index (χ1) is 15.1. The van der Waals surface area contributed by atoms with Crippen molar-refractivity contribution in [2.24, 2.45) is 0 Å². The van der Waals surface area contributed by atoms with Crippen LogP contribution in [0.3, 0.4) is 0 Å². The topological polar surface area (TPSA) is 64.6 Å². The molecule has 0 aliphatic rings. The molecule has 0 spiro atoms. The summed E-state index contributed by atoms with van der Waals surface area (Å²) in [5, 5.41) is 3.89. The number of carbonyl (C=O) groups excluding carboxylic acids is 2. The van der Waals surface area contributed by atoms with Gasteiger partial charge in [-0.2, -0.15) is 0 Å². The normalized spacial score (nSPS) is 11.7. The molecule has 7 heteroatoms. The first kappa shape index (κ1) is 20.9. The molecule has 1 aromatic heterocycles. The zero-order valence-corrected chi connectivity index (χ0v) is 18.1. The lowest BCUT2D eigenvalue weighted by molar-refractivity contribution is -0.125. The Balaban J connectivity index is 1.62. The molecule has 1 heterocycles. The van der Waals surface area contributed by atoms with Crippen molar-refractivity contribution in [3.05, 3.63) is 94.3 Å². The minimum absolute atomic E-state index is 0.262. The molecular weight excluding hydrogens is 434 g/mol. The second-order valence-electron chi connectivity index (χ2n) is 6.66. The van der Waals surface area contributed by atoms with Crippen molar-refractivity contribution in [1.29, 1.82) is 0 Å². The van der Waals surface area contributed by atoms with Crippen LogP contribution in [0.1, 0.15) is 21.3 Å². The van der Waals surface area contributed by atoms with Gasteiger partial charge in [-0.25, -0.2) is 4.79 Å². The maximum atomic E-state index is 13.1. The van der Waals surface area contributed by atoms with E-state index in [4.69, 9.17) is 21.1 Å². The van der Waals surface area contributed by atoms with Crippen LogP contribution in [0, 0.1) is 0 Å². The molecular formula is C24H18ClNO4S. The highest BCUT2D eigenvalue weighted by atomic mass is 35.5. The van der Waals surface area contributed by atoms with E-state index >= 15 is 0 Å². The lowest BCUT2D eigenvalue weighted by Crippen LogP contribution is -2.25. The molecule has 0 radical (unpaired) electrons. The molecule has 0 bridgehead atoms. The van der Waals surface area contributed by atoms with Crippen LogP contribution in [0.5, 0.6) is 5.75 Å². The summed E-state index contributed by atoms with van der Waals surface area (Å²) < 4.78 is 11.7. The predicted octanol–water partition coefficient (Wildman–Crippen LogP) is 6.10. The van der Waals surface area contributed by atoms with Gasteiger partial charge in [0.1, 0.15) is 10.6 Å². The van der Waals surface area contributed by atoms with Gasteiger partial charge in [-0.15, -0.1) is 11.3 Å². The Labute approximate surface area is 188 Å². The maximum absolute atomic E-state index is 13.1. The van der Waals surface area contributed by atoms with E-state index in [0.717, 1.165) is 10.1 Å². The summed E-state index contributed by atoms with van der Waals surface area (Å²) in [7, 11) is 1.55. The van der Waals surface area contributed by atoms with Gasteiger partial charge in [0.2, 0.25) is 6.10 Å². The van der Waals surface area contributed by atoms with Crippen molar-refractivity contribution in [3.63, 3.8) is 0 Å². The number of benzene rings is 3. The van der Waals surface area contributed by atoms with Crippen molar-refractivity contribution >= 4 is 50.6 Å². The number of hydrogen-bond acceptors (Lipinski definition) is 5. The Kier molecular flexibility index (Phi) is 6.21. The maximum Gasteiger partial charge on any atom is 0.351 e. The van der Waals surface area contributed by atoms with Gasteiger partial charge in [0.05, 0.1) is 12.1 Å². The number of carbonyl (C=O) groups is 2. The van der Waals surface area contributed by atoms with Gasteiger partial charge >= 0.3 is 5.97 Å². The molecule has 1 amide bonds. The quantitative estimate of drug-likeness (QED) is 0.360. The number of ether oxygens (including phenoxy) is 2. The summed E-state index contributed by atoms with van der Waals surface area (Å²) in [6.45, 7) is 0. The van der Waals surface area contributed by atoms with Gasteiger partial charge in [0.15, 0.2) is 0 Å². The number of nitrogens with one attached hydrogen (secondary N) is 1. The second-order valence-corrected chi connectivity index (χ2v) is 8.09. The molecule has 0 fully saturated rings. The Hall–Kier alpha value is -3.35. The summed E-state index contributed by atoms with van der Waals surface area (Å²) >= 11 is 7.65. The number of hydrogen-bond donors (Lipinski definition) is 1. The van der Waals surface area contributed by atoms with Crippen LogP contribution in [-0.2, 0) is 9.53 Å². The van der Waals surface area contributed by atoms with E-state index in [0.29, 0.717) is 22.0 Å². The van der Waals surface area contributed by atoms with E-state index in [1.54, 1.807) is 55.6 Å². The largest absolute Gasteiger partial charge is 0.497 e. The van der Waals surface area contributed by atoms with E-state index in [9.17, 15) is 9.59 Å². The zero-order valence-electron chi connectivity index (χ0n) is 16.5. The average molecular weight is 452 g/mol. The van der Waals surface area contributed by atoms with Gasteiger partial charge in [-0.3, -0.25) is 4.79 Å². The summed E-state index contributed by atoms with van der Waals surface area (Å²) in [4.78, 5) is 26.3. The molecule has 31 heavy (non-hydrogen) atoms. The zero-order chi connectivity index (χ0) is 21.8. The third kappa shape index (κ3) is 4.55. The van der Waals surface area contributed by atoms with Crippen LogP contribution >= 0.6 is 22.9 Å². The number of anilines is 1. The van der Waals surface area contributed by atoms with Gasteiger partial charge < -0.3 is 14.8 Å². The highest BCUT2D eigenvalue weighted by Gasteiger charge is 2.28. The molecule has 156 valence electrons. The molecule has 5 nitrogen and oxygen atoms in total. The fourth-order valence-corrected chi connectivity index (χ4v) is 4.51. The molecule has 0 aliphatic carbocycles. The number of thiophene rings is 1. The molecule has 0 saturated carbocycles. The van der Waals surface area contributed by atoms with Crippen LogP contribution in [0.15, 0.2) is 78.9 Å². The molecule has 1 atom stereocenters. The summed E-state index contributed by atoms with van der Waals surface area (Å²) in [6, 6.07) is 23.2. The van der Waals surface area contributed by atoms with Gasteiger partial charge in [0, 0.05) is 27.4 Å². The van der Waals surface area contributed by atoms with E-state index in [1.165, 1.54) is 11.3 Å². The Morgan fingerprint density at radius 3 is 2.45 bits per heavy atom. The predicted molar refractivity (Wildman–Crippen MR) is 123 cm³/mol. The van der Waals surface area contributed by atoms with E-state index in [2.05, 4.69) is 5.32 Å². The summed E-state index contributed by atoms with van der Waals surface area (Å²) in [5.41, 5.74) is 1.08. The SMILES string of the molecule is COc1cccc(NC(=O)C(OC(=O)c2sc3ccccc3c2Cl)c2ccccc2)c1. The first-order valence-electron chi connectivity index (χ1n) is 9.44. The Morgan fingerprint density at radius 1 is 0.968 bits per heavy atom. The van der Waals surface area contributed by atoms with Crippen molar-refractivity contribution in [2.75, 3.05) is 12.4 Å². The molecule has 4 aromatic rings. The van der Waals surface area contributed by atoms with E-state index in [1.807, 2.05) is 30.3 Å². The number of rotatable bonds is 6. The lowest BCUT2D eigenvalue weighted by atomic mass is 10.1. The molecule has 4 rings (SSSR count). The number of amides is 1. The summed E-state index contributed by atoms with van der Waals surface area (Å²) in [5.74, 6) is -0.533. The fraction of sp³-hybridized carbons (Fsp3) is 0.0833. The molecule has 1 unspecified atom stereocenters. The molecule has 0 aliphatic heterocycles. The standard InChI is InChI=1S/C24H18ClNO4S/c1-29-17-11-7-10-16(14-17)26-23(27)21(15-8-3-2-4-9-15)30-24(28)22-20(25)18-12-5-6-13-19(18)31-22/h2-14,21H,1H3,(H,26,27). The van der Waals surface area contributed by atoms with Crippen LogP contribution < -0.4 is 10.1 Å². The Morgan fingerprint density at radius 2 is 1.71 bits per heavy atom. The highest BCUT2D eigenvalue weighted by Crippen LogP contribution is 2.36. The number of methoxy groups -OCH3 is 1. The molecule has 3 aromatic carbocycles. The first-order valence-corrected chi connectivity index (χ1v) is 10.6. The third-order valence-corrected chi connectivity index (χ3v) is 6.28. The molecule has 1 N–H and O–H groups in total. The number of esters is 1. The van der Waals surface area contributed by atoms with Crippen LogP contribution in [0.25, 0.3) is 10.1 Å². The van der Waals surface area contributed by atoms with Gasteiger partial charge in [0.25, 0.3) is 5.91 Å². The minimum Gasteiger partial charge on any atom is -0.497 e. The second kappa shape index (κ2) is 9.20. The van der Waals surface area contributed by atoms with E-state index < -0.39 is 18.0 Å². The third-order valence-electron chi connectivity index (χ3n) is 4.62. The van der Waals surface area contributed by atoms with Crippen molar-refractivity contribution in [3.8, 4) is 5.75 Å². The van der Waals surface area contributed by atoms with Crippen molar-refractivity contribution < 1.29 is 19.1 Å². The monoisotopic (exact) mass is 451 g/mol. The van der Waals surface area contributed by atoms with E-state index in [-0.39, 0.29) is 4.88 Å². The highest BCUT2D eigenvalue weighted by molar-refractivity contribution is 7.21. The fourth-order valence-electron chi connectivity index (χ4n) is 3.12. The minimum atomic E-state index is -1.15. The average Bonchev–Trinajstić information content (AvgIpc) is 3.14. The van der Waals surface area contributed by atoms with Gasteiger partial charge in [-0.1, -0.05) is 66.2 Å². The molecule has 0 saturated heterocycles.